The minimum atomic E-state index is 0.804. The first-order chi connectivity index (χ1) is 11.6. The van der Waals surface area contributed by atoms with E-state index in [1.807, 2.05) is 0 Å². The first-order valence-corrected chi connectivity index (χ1v) is 11.0. The summed E-state index contributed by atoms with van der Waals surface area (Å²) < 4.78 is 1.24. The fourth-order valence-corrected chi connectivity index (χ4v) is 4.42. The molecule has 24 heavy (non-hydrogen) atoms. The molecule has 0 spiro atoms. The molecule has 0 amide bonds. The lowest BCUT2D eigenvalue weighted by molar-refractivity contribution is -0.894. The van der Waals surface area contributed by atoms with Gasteiger partial charge in [-0.2, -0.15) is 0 Å². The molecule has 1 fully saturated rings. The molecule has 0 N–H and O–H groups in total. The van der Waals surface area contributed by atoms with E-state index in [4.69, 9.17) is 0 Å². The number of hydrogen-bond acceptors (Lipinski definition) is 0. The van der Waals surface area contributed by atoms with Crippen LogP contribution in [0, 0.1) is 11.8 Å². The van der Waals surface area contributed by atoms with Crippen molar-refractivity contribution in [3.8, 4) is 0 Å². The Balaban J connectivity index is 1.98. The van der Waals surface area contributed by atoms with Gasteiger partial charge in [-0.15, -0.1) is 6.58 Å². The van der Waals surface area contributed by atoms with Crippen LogP contribution in [-0.4, -0.2) is 31.7 Å². The van der Waals surface area contributed by atoms with Crippen LogP contribution >= 0.6 is 0 Å². The van der Waals surface area contributed by atoms with Crippen LogP contribution in [0.3, 0.4) is 0 Å². The molecule has 0 aromatic heterocycles. The molecule has 0 aromatic rings. The highest BCUT2D eigenvalue weighted by Gasteiger charge is 2.25. The summed E-state index contributed by atoms with van der Waals surface area (Å²) in [5, 5.41) is 0. The van der Waals surface area contributed by atoms with Crippen molar-refractivity contribution in [3.63, 3.8) is 0 Å². The van der Waals surface area contributed by atoms with Crippen molar-refractivity contribution in [2.24, 2.45) is 11.8 Å². The molecule has 0 atom stereocenters. The summed E-state index contributed by atoms with van der Waals surface area (Å²) in [6, 6.07) is 0. The molecular weight excluding hydrogens is 290 g/mol. The zero-order valence-corrected chi connectivity index (χ0v) is 17.2. The van der Waals surface area contributed by atoms with E-state index in [2.05, 4.69) is 33.7 Å². The number of unbranched alkanes of at least 4 members (excludes halogenated alkanes) is 9. The molecule has 0 radical (unpaired) electrons. The SMILES string of the molecule is C=CC1CCC(C[N+](C)(C)CCCCCCCCCCCC)CC1. The van der Waals surface area contributed by atoms with Crippen molar-refractivity contribution in [1.82, 2.24) is 0 Å². The highest BCUT2D eigenvalue weighted by Crippen LogP contribution is 2.30. The molecule has 0 aliphatic heterocycles. The van der Waals surface area contributed by atoms with Gasteiger partial charge in [-0.1, -0.05) is 64.4 Å². The minimum absolute atomic E-state index is 0.804. The van der Waals surface area contributed by atoms with Gasteiger partial charge in [-0.3, -0.25) is 0 Å². The van der Waals surface area contributed by atoms with Crippen LogP contribution < -0.4 is 0 Å². The van der Waals surface area contributed by atoms with Crippen LogP contribution in [0.25, 0.3) is 0 Å². The smallest absolute Gasteiger partial charge is 0.0811 e. The van der Waals surface area contributed by atoms with Gasteiger partial charge >= 0.3 is 0 Å². The molecule has 0 aromatic carbocycles. The third kappa shape index (κ3) is 10.5. The molecule has 1 nitrogen and oxygen atoms in total. The molecule has 0 unspecified atom stereocenters. The molecule has 0 saturated heterocycles. The van der Waals surface area contributed by atoms with Crippen molar-refractivity contribution in [2.45, 2.75) is 96.8 Å². The van der Waals surface area contributed by atoms with Gasteiger partial charge in [0.2, 0.25) is 0 Å². The second kappa shape index (κ2) is 13.0. The zero-order valence-electron chi connectivity index (χ0n) is 17.2. The van der Waals surface area contributed by atoms with Crippen molar-refractivity contribution in [2.75, 3.05) is 27.2 Å². The maximum atomic E-state index is 3.97. The van der Waals surface area contributed by atoms with Gasteiger partial charge in [-0.05, 0) is 44.4 Å². The standard InChI is InChI=1S/C23H46N/c1-5-7-8-9-10-11-12-13-14-15-20-24(3,4)21-23-18-16-22(6-2)17-19-23/h6,22-23H,2,5,7-21H2,1,3-4H3/q+1. The molecule has 142 valence electrons. The van der Waals surface area contributed by atoms with E-state index in [0.717, 1.165) is 11.8 Å². The van der Waals surface area contributed by atoms with Crippen molar-refractivity contribution < 1.29 is 4.48 Å². The van der Waals surface area contributed by atoms with E-state index >= 15 is 0 Å². The first-order valence-electron chi connectivity index (χ1n) is 11.0. The van der Waals surface area contributed by atoms with Crippen LogP contribution in [0.5, 0.6) is 0 Å². The Morgan fingerprint density at radius 1 is 0.792 bits per heavy atom. The van der Waals surface area contributed by atoms with Crippen LogP contribution in [0.4, 0.5) is 0 Å². The number of hydrogen-bond donors (Lipinski definition) is 0. The zero-order chi connectivity index (χ0) is 17.7. The summed E-state index contributed by atoms with van der Waals surface area (Å²) in [6.07, 6.45) is 22.2. The number of quaternary nitrogens is 1. The number of allylic oxidation sites excluding steroid dienone is 1. The van der Waals surface area contributed by atoms with Gasteiger partial charge in [0.25, 0.3) is 0 Å². The highest BCUT2D eigenvalue weighted by atomic mass is 15.3. The Kier molecular flexibility index (Phi) is 11.8. The topological polar surface area (TPSA) is 0 Å². The lowest BCUT2D eigenvalue weighted by atomic mass is 9.81. The Hall–Kier alpha value is -0.300. The summed E-state index contributed by atoms with van der Waals surface area (Å²) in [5.41, 5.74) is 0. The second-order valence-corrected chi connectivity index (χ2v) is 9.04. The van der Waals surface area contributed by atoms with Crippen molar-refractivity contribution >= 4 is 0 Å². The maximum absolute atomic E-state index is 3.97. The predicted molar refractivity (Wildman–Crippen MR) is 109 cm³/mol. The van der Waals surface area contributed by atoms with Crippen LogP contribution in [-0.2, 0) is 0 Å². The summed E-state index contributed by atoms with van der Waals surface area (Å²) >= 11 is 0. The van der Waals surface area contributed by atoms with E-state index in [1.165, 1.54) is 107 Å². The van der Waals surface area contributed by atoms with E-state index in [-0.39, 0.29) is 0 Å². The molecule has 1 aliphatic rings. The van der Waals surface area contributed by atoms with Crippen molar-refractivity contribution in [3.05, 3.63) is 12.7 Å². The molecule has 1 rings (SSSR count). The highest BCUT2D eigenvalue weighted by molar-refractivity contribution is 4.83. The number of nitrogens with zero attached hydrogens (tertiary/aromatic N) is 1. The van der Waals surface area contributed by atoms with Gasteiger partial charge in [0.05, 0.1) is 27.2 Å². The Morgan fingerprint density at radius 2 is 1.29 bits per heavy atom. The summed E-state index contributed by atoms with van der Waals surface area (Å²) in [6.45, 7) is 9.03. The quantitative estimate of drug-likeness (QED) is 0.182. The van der Waals surface area contributed by atoms with E-state index in [1.54, 1.807) is 0 Å². The maximum Gasteiger partial charge on any atom is 0.0811 e. The molecule has 1 saturated carbocycles. The van der Waals surface area contributed by atoms with Gasteiger partial charge in [0.1, 0.15) is 0 Å². The van der Waals surface area contributed by atoms with E-state index in [0.29, 0.717) is 0 Å². The lowest BCUT2D eigenvalue weighted by Crippen LogP contribution is -2.44. The van der Waals surface area contributed by atoms with Crippen LogP contribution in [0.1, 0.15) is 96.8 Å². The fourth-order valence-electron chi connectivity index (χ4n) is 4.42. The molecular formula is C23H46N+. The lowest BCUT2D eigenvalue weighted by Gasteiger charge is -2.36. The summed E-state index contributed by atoms with van der Waals surface area (Å²) in [4.78, 5) is 0. The Morgan fingerprint density at radius 3 is 1.79 bits per heavy atom. The Bertz CT molecular complexity index is 299. The largest absolute Gasteiger partial charge is 0.328 e. The molecule has 1 heteroatoms. The van der Waals surface area contributed by atoms with Gasteiger partial charge in [0.15, 0.2) is 0 Å². The molecule has 0 heterocycles. The van der Waals surface area contributed by atoms with Crippen molar-refractivity contribution in [1.29, 1.82) is 0 Å². The average Bonchev–Trinajstić information content (AvgIpc) is 2.57. The fraction of sp³-hybridized carbons (Fsp3) is 0.913. The third-order valence-electron chi connectivity index (χ3n) is 6.09. The summed E-state index contributed by atoms with van der Waals surface area (Å²) in [5.74, 6) is 1.76. The predicted octanol–water partition coefficient (Wildman–Crippen LogP) is 6.98. The number of rotatable bonds is 14. The van der Waals surface area contributed by atoms with Gasteiger partial charge in [0, 0.05) is 5.92 Å². The van der Waals surface area contributed by atoms with E-state index in [9.17, 15) is 0 Å². The monoisotopic (exact) mass is 336 g/mol. The first kappa shape index (κ1) is 21.7. The minimum Gasteiger partial charge on any atom is -0.328 e. The summed E-state index contributed by atoms with van der Waals surface area (Å²) in [7, 11) is 4.90. The molecule has 1 aliphatic carbocycles. The van der Waals surface area contributed by atoms with E-state index < -0.39 is 0 Å². The average molecular weight is 337 g/mol. The van der Waals surface area contributed by atoms with Gasteiger partial charge < -0.3 is 4.48 Å². The Labute approximate surface area is 153 Å². The second-order valence-electron chi connectivity index (χ2n) is 9.04. The van der Waals surface area contributed by atoms with Gasteiger partial charge in [-0.25, -0.2) is 0 Å². The third-order valence-corrected chi connectivity index (χ3v) is 6.09. The molecule has 0 bridgehead atoms. The normalized spacial score (nSPS) is 21.8. The van der Waals surface area contributed by atoms with Crippen LogP contribution in [0.15, 0.2) is 12.7 Å². The van der Waals surface area contributed by atoms with Crippen LogP contribution in [0.2, 0.25) is 0 Å².